The van der Waals surface area contributed by atoms with E-state index >= 15 is 0 Å². The Morgan fingerprint density at radius 2 is 1.45 bits per heavy atom. The van der Waals surface area contributed by atoms with Crippen LogP contribution in [-0.4, -0.2) is 20.9 Å². The van der Waals surface area contributed by atoms with Crippen LogP contribution >= 0.6 is 0 Å². The van der Waals surface area contributed by atoms with E-state index in [1.807, 2.05) is 19.1 Å². The van der Waals surface area contributed by atoms with E-state index in [0.29, 0.717) is 13.0 Å². The van der Waals surface area contributed by atoms with E-state index in [1.165, 1.54) is 15.9 Å². The molecule has 4 rings (SSSR count). The van der Waals surface area contributed by atoms with Crippen LogP contribution in [0.3, 0.4) is 0 Å². The van der Waals surface area contributed by atoms with Crippen molar-refractivity contribution in [2.75, 3.05) is 6.61 Å². The molecule has 0 radical (unpaired) electrons. The van der Waals surface area contributed by atoms with E-state index in [2.05, 4.69) is 93.6 Å². The summed E-state index contributed by atoms with van der Waals surface area (Å²) in [4.78, 5) is 12.3. The summed E-state index contributed by atoms with van der Waals surface area (Å²) < 4.78 is 12.5. The maximum atomic E-state index is 12.3. The Bertz CT molecular complexity index is 1100. The molecule has 33 heavy (non-hydrogen) atoms. The number of hydrogen-bond donors (Lipinski definition) is 0. The van der Waals surface area contributed by atoms with Crippen molar-refractivity contribution < 1.29 is 14.0 Å². The van der Waals surface area contributed by atoms with Crippen molar-refractivity contribution in [3.63, 3.8) is 0 Å². The van der Waals surface area contributed by atoms with E-state index in [4.69, 9.17) is 9.16 Å². The number of ether oxygens (including phenoxy) is 1. The molecule has 3 aromatic rings. The summed E-state index contributed by atoms with van der Waals surface area (Å²) in [5.41, 5.74) is 2.94. The number of carbonyl (C=O) groups is 1. The Morgan fingerprint density at radius 1 is 0.848 bits per heavy atom. The van der Waals surface area contributed by atoms with Crippen LogP contribution in [0.2, 0.25) is 5.04 Å². The number of benzene rings is 3. The van der Waals surface area contributed by atoms with Crippen molar-refractivity contribution in [1.82, 2.24) is 0 Å². The lowest BCUT2D eigenvalue weighted by atomic mass is 9.91. The minimum absolute atomic E-state index is 0.112. The number of carbonyl (C=O) groups excluding carboxylic acids is 1. The molecular weight excluding hydrogens is 424 g/mol. The van der Waals surface area contributed by atoms with Gasteiger partial charge in [-0.25, -0.2) is 4.79 Å². The lowest BCUT2D eigenvalue weighted by Crippen LogP contribution is -2.68. The molecule has 0 atom stereocenters. The Balaban J connectivity index is 1.86. The standard InChI is InChI=1S/C29H32O3Si/c1-5-31-28(30)23-19-20-26-22(21-23)13-12-18-27(26)32-33(29(2,3)4,24-14-8-6-9-15-24)25-16-10-7-11-17-25/h6-18,21H,5,19-20H2,1-4H3. The molecule has 170 valence electrons. The monoisotopic (exact) mass is 456 g/mol. The summed E-state index contributed by atoms with van der Waals surface area (Å²) in [7, 11) is -2.71. The Morgan fingerprint density at radius 3 is 2.00 bits per heavy atom. The minimum atomic E-state index is -2.71. The van der Waals surface area contributed by atoms with E-state index in [9.17, 15) is 4.79 Å². The Labute approximate surface area is 198 Å². The fourth-order valence-corrected chi connectivity index (χ4v) is 9.25. The second-order valence-corrected chi connectivity index (χ2v) is 13.7. The van der Waals surface area contributed by atoms with Crippen LogP contribution in [-0.2, 0) is 16.0 Å². The van der Waals surface area contributed by atoms with Gasteiger partial charge in [-0.1, -0.05) is 93.6 Å². The third-order valence-corrected chi connectivity index (χ3v) is 11.3. The summed E-state index contributed by atoms with van der Waals surface area (Å²) >= 11 is 0. The topological polar surface area (TPSA) is 35.5 Å². The largest absolute Gasteiger partial charge is 0.534 e. The first-order chi connectivity index (χ1) is 15.9. The lowest BCUT2D eigenvalue weighted by molar-refractivity contribution is -0.138. The molecule has 0 unspecified atom stereocenters. The quantitative estimate of drug-likeness (QED) is 0.362. The second kappa shape index (κ2) is 9.40. The average Bonchev–Trinajstić information content (AvgIpc) is 2.82. The molecule has 3 nitrogen and oxygen atoms in total. The van der Waals surface area contributed by atoms with Crippen molar-refractivity contribution in [2.45, 2.75) is 45.6 Å². The van der Waals surface area contributed by atoms with Crippen molar-refractivity contribution in [2.24, 2.45) is 0 Å². The highest BCUT2D eigenvalue weighted by atomic mass is 28.4. The number of fused-ring (bicyclic) bond motifs is 1. The molecule has 0 aliphatic heterocycles. The number of rotatable bonds is 6. The van der Waals surface area contributed by atoms with Crippen LogP contribution in [0.1, 0.15) is 45.2 Å². The zero-order chi connectivity index (χ0) is 23.5. The van der Waals surface area contributed by atoms with Gasteiger partial charge < -0.3 is 9.16 Å². The summed E-state index contributed by atoms with van der Waals surface area (Å²) in [6.07, 6.45) is 3.39. The van der Waals surface area contributed by atoms with Gasteiger partial charge in [0.15, 0.2) is 0 Å². The third-order valence-electron chi connectivity index (χ3n) is 6.36. The van der Waals surface area contributed by atoms with E-state index in [1.54, 1.807) is 0 Å². The van der Waals surface area contributed by atoms with Gasteiger partial charge in [0.25, 0.3) is 0 Å². The second-order valence-electron chi connectivity index (χ2n) is 9.48. The molecular formula is C29H32O3Si. The van der Waals surface area contributed by atoms with Gasteiger partial charge in [0.2, 0.25) is 0 Å². The van der Waals surface area contributed by atoms with Crippen molar-refractivity contribution in [3.8, 4) is 5.75 Å². The molecule has 0 N–H and O–H groups in total. The summed E-state index contributed by atoms with van der Waals surface area (Å²) in [5, 5.41) is 2.39. The van der Waals surface area contributed by atoms with Crippen LogP contribution in [0, 0.1) is 0 Å². The van der Waals surface area contributed by atoms with Crippen LogP contribution < -0.4 is 14.8 Å². The highest BCUT2D eigenvalue weighted by Gasteiger charge is 2.52. The van der Waals surface area contributed by atoms with Gasteiger partial charge in [-0.2, -0.15) is 0 Å². The highest BCUT2D eigenvalue weighted by molar-refractivity contribution is 7.00. The van der Waals surface area contributed by atoms with Gasteiger partial charge in [-0.05, 0) is 52.9 Å². The van der Waals surface area contributed by atoms with Crippen molar-refractivity contribution in [3.05, 3.63) is 95.6 Å². The van der Waals surface area contributed by atoms with Gasteiger partial charge in [0, 0.05) is 11.1 Å². The zero-order valence-corrected chi connectivity index (χ0v) is 20.9. The summed E-state index contributed by atoms with van der Waals surface area (Å²) in [6, 6.07) is 27.5. The normalized spacial score (nSPS) is 13.6. The zero-order valence-electron chi connectivity index (χ0n) is 19.9. The van der Waals surface area contributed by atoms with E-state index in [-0.39, 0.29) is 11.0 Å². The predicted octanol–water partition coefficient (Wildman–Crippen LogP) is 5.52. The number of hydrogen-bond acceptors (Lipinski definition) is 3. The Hall–Kier alpha value is -3.11. The molecule has 0 aromatic heterocycles. The molecule has 0 fully saturated rings. The smallest absolute Gasteiger partial charge is 0.334 e. The first kappa shape index (κ1) is 23.1. The first-order valence-corrected chi connectivity index (χ1v) is 13.6. The van der Waals surface area contributed by atoms with Gasteiger partial charge in [-0.3, -0.25) is 0 Å². The fourth-order valence-electron chi connectivity index (χ4n) is 4.80. The third kappa shape index (κ3) is 4.40. The van der Waals surface area contributed by atoms with Crippen LogP contribution in [0.4, 0.5) is 0 Å². The van der Waals surface area contributed by atoms with E-state index in [0.717, 1.165) is 23.3 Å². The maximum Gasteiger partial charge on any atom is 0.334 e. The van der Waals surface area contributed by atoms with Gasteiger partial charge >= 0.3 is 14.3 Å². The molecule has 1 aliphatic carbocycles. The van der Waals surface area contributed by atoms with Gasteiger partial charge in [-0.15, -0.1) is 0 Å². The maximum absolute atomic E-state index is 12.3. The molecule has 0 heterocycles. The molecule has 4 heteroatoms. The summed E-state index contributed by atoms with van der Waals surface area (Å²) in [6.45, 7) is 9.08. The van der Waals surface area contributed by atoms with Crippen LogP contribution in [0.25, 0.3) is 6.08 Å². The van der Waals surface area contributed by atoms with Crippen LogP contribution in [0.5, 0.6) is 5.75 Å². The Kier molecular flexibility index (Phi) is 6.57. The van der Waals surface area contributed by atoms with Crippen LogP contribution in [0.15, 0.2) is 84.4 Å². The van der Waals surface area contributed by atoms with Gasteiger partial charge in [0.05, 0.1) is 6.61 Å². The predicted molar refractivity (Wildman–Crippen MR) is 138 cm³/mol. The molecule has 0 saturated heterocycles. The summed E-state index contributed by atoms with van der Waals surface area (Å²) in [5.74, 6) is 0.697. The first-order valence-electron chi connectivity index (χ1n) is 11.7. The fraction of sp³-hybridized carbons (Fsp3) is 0.276. The number of esters is 1. The molecule has 0 spiro atoms. The van der Waals surface area contributed by atoms with E-state index < -0.39 is 8.32 Å². The average molecular weight is 457 g/mol. The van der Waals surface area contributed by atoms with Crippen molar-refractivity contribution in [1.29, 1.82) is 0 Å². The minimum Gasteiger partial charge on any atom is -0.534 e. The van der Waals surface area contributed by atoms with Gasteiger partial charge in [0.1, 0.15) is 5.75 Å². The molecule has 0 saturated carbocycles. The highest BCUT2D eigenvalue weighted by Crippen LogP contribution is 2.40. The lowest BCUT2D eigenvalue weighted by Gasteiger charge is -2.43. The molecule has 0 bridgehead atoms. The molecule has 0 amide bonds. The SMILES string of the molecule is CCOC(=O)C1=Cc2cccc(O[Si](c3ccccc3)(c3ccccc3)C(C)(C)C)c2CC1. The molecule has 1 aliphatic rings. The molecule has 3 aromatic carbocycles. The van der Waals surface area contributed by atoms with Crippen molar-refractivity contribution >= 4 is 30.7 Å².